The van der Waals surface area contributed by atoms with Gasteiger partial charge in [-0.25, -0.2) is 4.58 Å². The van der Waals surface area contributed by atoms with E-state index < -0.39 is 0 Å². The Kier molecular flexibility index (Phi) is 4.30. The SMILES string of the molecule is COc1cc2ccc3c4c(c(OC)c(OC)c3c2cc1OC)C=[N+](C)CC4. The fraction of sp³-hybridized carbons (Fsp3) is 0.318. The second-order valence-electron chi connectivity index (χ2n) is 6.73. The molecule has 3 aromatic carbocycles. The van der Waals surface area contributed by atoms with Crippen molar-refractivity contribution in [2.24, 2.45) is 0 Å². The van der Waals surface area contributed by atoms with Crippen LogP contribution in [0.2, 0.25) is 0 Å². The van der Waals surface area contributed by atoms with Crippen LogP contribution in [-0.4, -0.2) is 52.8 Å². The number of rotatable bonds is 4. The molecule has 0 unspecified atom stereocenters. The Morgan fingerprint density at radius 2 is 1.52 bits per heavy atom. The van der Waals surface area contributed by atoms with Crippen LogP contribution in [0.3, 0.4) is 0 Å². The third kappa shape index (κ3) is 2.57. The predicted octanol–water partition coefficient (Wildman–Crippen LogP) is 3.64. The molecule has 0 atom stereocenters. The summed E-state index contributed by atoms with van der Waals surface area (Å²) >= 11 is 0. The first-order valence-electron chi connectivity index (χ1n) is 8.93. The molecule has 0 N–H and O–H groups in total. The zero-order chi connectivity index (χ0) is 19.1. The minimum absolute atomic E-state index is 0.697. The molecule has 0 aliphatic carbocycles. The van der Waals surface area contributed by atoms with E-state index >= 15 is 0 Å². The molecule has 1 heterocycles. The van der Waals surface area contributed by atoms with Crippen LogP contribution >= 0.6 is 0 Å². The second-order valence-corrected chi connectivity index (χ2v) is 6.73. The van der Waals surface area contributed by atoms with Crippen LogP contribution in [0, 0.1) is 0 Å². The smallest absolute Gasteiger partial charge is 0.174 e. The van der Waals surface area contributed by atoms with Crippen LogP contribution in [0.25, 0.3) is 21.5 Å². The Bertz CT molecular complexity index is 1090. The van der Waals surface area contributed by atoms with Crippen molar-refractivity contribution in [2.75, 3.05) is 42.0 Å². The van der Waals surface area contributed by atoms with Crippen molar-refractivity contribution in [3.05, 3.63) is 35.4 Å². The number of ether oxygens (including phenoxy) is 4. The molecule has 0 fully saturated rings. The van der Waals surface area contributed by atoms with Gasteiger partial charge in [-0.2, -0.15) is 0 Å². The summed E-state index contributed by atoms with van der Waals surface area (Å²) in [5.74, 6) is 2.93. The molecule has 3 aromatic rings. The van der Waals surface area contributed by atoms with Gasteiger partial charge in [0.05, 0.1) is 34.0 Å². The van der Waals surface area contributed by atoms with E-state index in [-0.39, 0.29) is 0 Å². The lowest BCUT2D eigenvalue weighted by Gasteiger charge is -2.21. The lowest BCUT2D eigenvalue weighted by molar-refractivity contribution is -0.493. The summed E-state index contributed by atoms with van der Waals surface area (Å²) < 4.78 is 24.9. The van der Waals surface area contributed by atoms with Crippen molar-refractivity contribution in [1.29, 1.82) is 0 Å². The number of methoxy groups -OCH3 is 4. The summed E-state index contributed by atoms with van der Waals surface area (Å²) in [5, 5.41) is 4.36. The minimum Gasteiger partial charge on any atom is -0.493 e. The van der Waals surface area contributed by atoms with Gasteiger partial charge < -0.3 is 18.9 Å². The molecule has 0 saturated carbocycles. The van der Waals surface area contributed by atoms with Gasteiger partial charge in [-0.3, -0.25) is 0 Å². The third-order valence-electron chi connectivity index (χ3n) is 5.32. The Morgan fingerprint density at radius 1 is 0.815 bits per heavy atom. The number of likely N-dealkylation sites (N-methyl/N-ethyl adjacent to an activating group) is 1. The molecule has 1 aliphatic heterocycles. The molecule has 27 heavy (non-hydrogen) atoms. The minimum atomic E-state index is 0.697. The molecule has 0 spiro atoms. The Balaban J connectivity index is 2.20. The largest absolute Gasteiger partial charge is 0.493 e. The number of hydrogen-bond acceptors (Lipinski definition) is 4. The van der Waals surface area contributed by atoms with Gasteiger partial charge in [0.1, 0.15) is 13.6 Å². The number of benzene rings is 3. The lowest BCUT2D eigenvalue weighted by Crippen LogP contribution is -2.20. The third-order valence-corrected chi connectivity index (χ3v) is 5.32. The Hall–Kier alpha value is -2.95. The average molecular weight is 366 g/mol. The summed E-state index contributed by atoms with van der Waals surface area (Å²) in [7, 11) is 8.77. The van der Waals surface area contributed by atoms with Gasteiger partial charge in [0.2, 0.25) is 0 Å². The van der Waals surface area contributed by atoms with Gasteiger partial charge in [-0.1, -0.05) is 12.1 Å². The van der Waals surface area contributed by atoms with E-state index in [0.29, 0.717) is 11.5 Å². The maximum absolute atomic E-state index is 5.85. The second kappa shape index (κ2) is 6.65. The summed E-state index contributed by atoms with van der Waals surface area (Å²) in [5.41, 5.74) is 2.38. The molecule has 0 saturated heterocycles. The first-order chi connectivity index (χ1) is 13.1. The van der Waals surface area contributed by atoms with E-state index in [9.17, 15) is 0 Å². The molecule has 4 rings (SSSR count). The van der Waals surface area contributed by atoms with Gasteiger partial charge in [-0.15, -0.1) is 0 Å². The standard InChI is InChI=1S/C22H24NO4/c1-23-9-8-14-15-7-6-13-10-18(24-2)19(25-3)11-16(13)20(15)22(27-5)21(26-4)17(14)12-23/h6-7,10-12H,8-9H2,1-5H3/q+1. The van der Waals surface area contributed by atoms with E-state index in [1.807, 2.05) is 12.1 Å². The average Bonchev–Trinajstić information content (AvgIpc) is 2.70. The van der Waals surface area contributed by atoms with Crippen LogP contribution in [0.15, 0.2) is 24.3 Å². The van der Waals surface area contributed by atoms with Crippen molar-refractivity contribution in [2.45, 2.75) is 6.42 Å². The predicted molar refractivity (Wildman–Crippen MR) is 108 cm³/mol. The molecule has 0 radical (unpaired) electrons. The van der Waals surface area contributed by atoms with Crippen LogP contribution < -0.4 is 18.9 Å². The highest BCUT2D eigenvalue weighted by atomic mass is 16.5. The molecule has 5 nitrogen and oxygen atoms in total. The molecule has 0 bridgehead atoms. The topological polar surface area (TPSA) is 39.9 Å². The summed E-state index contributed by atoms with van der Waals surface area (Å²) in [6.07, 6.45) is 3.09. The van der Waals surface area contributed by atoms with E-state index in [1.165, 1.54) is 10.9 Å². The summed E-state index contributed by atoms with van der Waals surface area (Å²) in [6, 6.07) is 8.32. The highest BCUT2D eigenvalue weighted by Gasteiger charge is 2.26. The first kappa shape index (κ1) is 17.5. The van der Waals surface area contributed by atoms with Gasteiger partial charge in [-0.05, 0) is 33.9 Å². The molecule has 0 aromatic heterocycles. The maximum Gasteiger partial charge on any atom is 0.174 e. The zero-order valence-electron chi connectivity index (χ0n) is 16.4. The Labute approximate surface area is 158 Å². The van der Waals surface area contributed by atoms with Crippen LogP contribution in [0.4, 0.5) is 0 Å². The van der Waals surface area contributed by atoms with Crippen molar-refractivity contribution < 1.29 is 23.5 Å². The van der Waals surface area contributed by atoms with Gasteiger partial charge in [0.15, 0.2) is 29.2 Å². The molecular weight excluding hydrogens is 342 g/mol. The van der Waals surface area contributed by atoms with Crippen LogP contribution in [-0.2, 0) is 6.42 Å². The molecule has 5 heteroatoms. The Morgan fingerprint density at radius 3 is 2.19 bits per heavy atom. The van der Waals surface area contributed by atoms with E-state index in [4.69, 9.17) is 18.9 Å². The molecule has 0 amide bonds. The van der Waals surface area contributed by atoms with E-state index in [2.05, 4.69) is 30.0 Å². The van der Waals surface area contributed by atoms with Crippen molar-refractivity contribution in [3.8, 4) is 23.0 Å². The lowest BCUT2D eigenvalue weighted by atomic mass is 9.90. The molecule has 1 aliphatic rings. The summed E-state index contributed by atoms with van der Waals surface area (Å²) in [4.78, 5) is 0. The van der Waals surface area contributed by atoms with Crippen molar-refractivity contribution in [1.82, 2.24) is 0 Å². The number of hydrogen-bond donors (Lipinski definition) is 0. The fourth-order valence-corrected chi connectivity index (χ4v) is 4.04. The fourth-order valence-electron chi connectivity index (χ4n) is 4.04. The van der Waals surface area contributed by atoms with Gasteiger partial charge >= 0.3 is 0 Å². The number of nitrogens with zero attached hydrogens (tertiary/aromatic N) is 1. The molecule has 140 valence electrons. The van der Waals surface area contributed by atoms with E-state index in [1.54, 1.807) is 28.4 Å². The monoisotopic (exact) mass is 366 g/mol. The highest BCUT2D eigenvalue weighted by Crippen LogP contribution is 2.46. The van der Waals surface area contributed by atoms with Gasteiger partial charge in [0, 0.05) is 11.8 Å². The zero-order valence-corrected chi connectivity index (χ0v) is 16.4. The van der Waals surface area contributed by atoms with E-state index in [0.717, 1.165) is 46.2 Å². The van der Waals surface area contributed by atoms with Crippen LogP contribution in [0.1, 0.15) is 11.1 Å². The normalized spacial score (nSPS) is 13.3. The maximum atomic E-state index is 5.85. The van der Waals surface area contributed by atoms with Crippen LogP contribution in [0.5, 0.6) is 23.0 Å². The van der Waals surface area contributed by atoms with Crippen molar-refractivity contribution in [3.63, 3.8) is 0 Å². The highest BCUT2D eigenvalue weighted by molar-refractivity contribution is 6.15. The van der Waals surface area contributed by atoms with Crippen molar-refractivity contribution >= 4 is 27.8 Å². The number of fused-ring (bicyclic) bond motifs is 5. The summed E-state index contributed by atoms with van der Waals surface area (Å²) in [6.45, 7) is 0.974. The molecular formula is C22H24NO4+. The first-order valence-corrected chi connectivity index (χ1v) is 8.93. The van der Waals surface area contributed by atoms with Gasteiger partial charge in [0.25, 0.3) is 0 Å². The quantitative estimate of drug-likeness (QED) is 0.522.